The second kappa shape index (κ2) is 5.47. The van der Waals surface area contributed by atoms with Gasteiger partial charge in [-0.1, -0.05) is 26.8 Å². The van der Waals surface area contributed by atoms with Crippen LogP contribution in [-0.4, -0.2) is 24.5 Å². The Morgan fingerprint density at radius 1 is 1.30 bits per heavy atom. The number of hydrogen-bond donors (Lipinski definition) is 0. The molecule has 1 aromatic rings. The Hall–Kier alpha value is -1.51. The average molecular weight is 275 g/mol. The molecule has 1 aliphatic heterocycles. The Kier molecular flexibility index (Phi) is 4.07. The average Bonchev–Trinajstić information content (AvgIpc) is 2.35. The lowest BCUT2D eigenvalue weighted by atomic mass is 9.90. The van der Waals surface area contributed by atoms with Gasteiger partial charge in [0.2, 0.25) is 5.91 Å². The van der Waals surface area contributed by atoms with E-state index < -0.39 is 0 Å². The van der Waals surface area contributed by atoms with E-state index in [1.165, 1.54) is 11.1 Å². The highest BCUT2D eigenvalue weighted by Crippen LogP contribution is 2.28. The Morgan fingerprint density at radius 2 is 2.00 bits per heavy atom. The van der Waals surface area contributed by atoms with Gasteiger partial charge in [0.1, 0.15) is 5.75 Å². The summed E-state index contributed by atoms with van der Waals surface area (Å²) >= 11 is 0. The fourth-order valence-electron chi connectivity index (χ4n) is 2.71. The summed E-state index contributed by atoms with van der Waals surface area (Å²) in [5.74, 6) is 1.20. The van der Waals surface area contributed by atoms with Gasteiger partial charge in [-0.3, -0.25) is 4.79 Å². The molecule has 110 valence electrons. The molecule has 0 N–H and O–H groups in total. The summed E-state index contributed by atoms with van der Waals surface area (Å²) < 4.78 is 5.37. The van der Waals surface area contributed by atoms with Gasteiger partial charge in [0.15, 0.2) is 0 Å². The molecule has 0 aliphatic carbocycles. The third kappa shape index (κ3) is 3.33. The van der Waals surface area contributed by atoms with Gasteiger partial charge in [-0.2, -0.15) is 0 Å². The number of hydrogen-bond acceptors (Lipinski definition) is 2. The van der Waals surface area contributed by atoms with Crippen LogP contribution in [0.1, 0.15) is 43.9 Å². The monoisotopic (exact) mass is 275 g/mol. The Labute approximate surface area is 121 Å². The fraction of sp³-hybridized carbons (Fsp3) is 0.588. The molecule has 0 saturated carbocycles. The van der Waals surface area contributed by atoms with Crippen molar-refractivity contribution in [2.45, 2.75) is 47.1 Å². The molecule has 2 rings (SSSR count). The van der Waals surface area contributed by atoms with Crippen molar-refractivity contribution in [2.75, 3.05) is 13.7 Å². The molecule has 1 amide bonds. The molecule has 0 unspecified atom stereocenters. The smallest absolute Gasteiger partial charge is 0.223 e. The highest BCUT2D eigenvalue weighted by molar-refractivity contribution is 5.77. The first-order valence-corrected chi connectivity index (χ1v) is 7.24. The lowest BCUT2D eigenvalue weighted by Gasteiger charge is -2.31. The van der Waals surface area contributed by atoms with Crippen LogP contribution >= 0.6 is 0 Å². The van der Waals surface area contributed by atoms with Crippen LogP contribution < -0.4 is 4.74 Å². The van der Waals surface area contributed by atoms with Crippen molar-refractivity contribution in [3.63, 3.8) is 0 Å². The summed E-state index contributed by atoms with van der Waals surface area (Å²) in [5.41, 5.74) is 3.76. The summed E-state index contributed by atoms with van der Waals surface area (Å²) in [4.78, 5) is 14.3. The van der Waals surface area contributed by atoms with Crippen LogP contribution in [0.5, 0.6) is 5.75 Å². The number of fused-ring (bicyclic) bond motifs is 1. The van der Waals surface area contributed by atoms with E-state index in [0.717, 1.165) is 30.8 Å². The first-order valence-electron chi connectivity index (χ1n) is 7.24. The molecule has 1 heterocycles. The van der Waals surface area contributed by atoms with E-state index in [-0.39, 0.29) is 11.3 Å². The summed E-state index contributed by atoms with van der Waals surface area (Å²) in [5, 5.41) is 0. The highest BCUT2D eigenvalue weighted by atomic mass is 16.5. The first-order chi connectivity index (χ1) is 9.30. The molecule has 0 atom stereocenters. The molecule has 1 aromatic carbocycles. The quantitative estimate of drug-likeness (QED) is 0.828. The van der Waals surface area contributed by atoms with Crippen molar-refractivity contribution in [1.29, 1.82) is 0 Å². The summed E-state index contributed by atoms with van der Waals surface area (Å²) in [6, 6.07) is 4.28. The predicted octanol–water partition coefficient (Wildman–Crippen LogP) is 3.32. The molecule has 0 radical (unpaired) electrons. The number of aryl methyl sites for hydroxylation is 1. The highest BCUT2D eigenvalue weighted by Gasteiger charge is 2.25. The minimum atomic E-state index is 0.0488. The van der Waals surface area contributed by atoms with E-state index in [4.69, 9.17) is 4.74 Å². The summed E-state index contributed by atoms with van der Waals surface area (Å²) in [7, 11) is 1.71. The van der Waals surface area contributed by atoms with Crippen LogP contribution in [0.2, 0.25) is 0 Å². The number of amides is 1. The normalized spacial score (nSPS) is 14.9. The minimum absolute atomic E-state index is 0.0488. The lowest BCUT2D eigenvalue weighted by molar-refractivity contribution is -0.134. The van der Waals surface area contributed by atoms with Crippen molar-refractivity contribution in [1.82, 2.24) is 4.90 Å². The molecule has 3 heteroatoms. The molecular weight excluding hydrogens is 250 g/mol. The van der Waals surface area contributed by atoms with Crippen LogP contribution in [0, 0.1) is 12.3 Å². The Balaban J connectivity index is 2.15. The zero-order chi connectivity index (χ0) is 14.9. The van der Waals surface area contributed by atoms with Crippen LogP contribution in [0.3, 0.4) is 0 Å². The van der Waals surface area contributed by atoms with Gasteiger partial charge in [-0.05, 0) is 41.5 Å². The summed E-state index contributed by atoms with van der Waals surface area (Å²) in [6.07, 6.45) is 1.53. The number of carbonyl (C=O) groups is 1. The third-order valence-corrected chi connectivity index (χ3v) is 3.76. The van der Waals surface area contributed by atoms with Crippen molar-refractivity contribution >= 4 is 5.91 Å². The van der Waals surface area contributed by atoms with Crippen LogP contribution in [0.4, 0.5) is 0 Å². The second-order valence-corrected chi connectivity index (χ2v) is 6.89. The van der Waals surface area contributed by atoms with E-state index in [9.17, 15) is 4.79 Å². The molecule has 0 aromatic heterocycles. The fourth-order valence-corrected chi connectivity index (χ4v) is 2.71. The number of ether oxygens (including phenoxy) is 1. The van der Waals surface area contributed by atoms with Crippen molar-refractivity contribution in [3.05, 3.63) is 28.8 Å². The van der Waals surface area contributed by atoms with Crippen molar-refractivity contribution < 1.29 is 9.53 Å². The number of methoxy groups -OCH3 is 1. The van der Waals surface area contributed by atoms with Crippen LogP contribution in [0.25, 0.3) is 0 Å². The molecule has 1 aliphatic rings. The van der Waals surface area contributed by atoms with E-state index >= 15 is 0 Å². The third-order valence-electron chi connectivity index (χ3n) is 3.76. The van der Waals surface area contributed by atoms with E-state index in [2.05, 4.69) is 39.8 Å². The topological polar surface area (TPSA) is 29.5 Å². The zero-order valence-corrected chi connectivity index (χ0v) is 13.2. The van der Waals surface area contributed by atoms with Crippen LogP contribution in [-0.2, 0) is 17.8 Å². The minimum Gasteiger partial charge on any atom is -0.496 e. The molecule has 3 nitrogen and oxygen atoms in total. The van der Waals surface area contributed by atoms with Gasteiger partial charge in [0.25, 0.3) is 0 Å². The molecule has 20 heavy (non-hydrogen) atoms. The summed E-state index contributed by atoms with van der Waals surface area (Å²) in [6.45, 7) is 9.92. The molecule has 0 saturated heterocycles. The SMILES string of the molecule is COc1cc2c(cc1C)CN(C(=O)CC(C)(C)C)CC2. The largest absolute Gasteiger partial charge is 0.496 e. The second-order valence-electron chi connectivity index (χ2n) is 6.89. The molecule has 0 fully saturated rings. The van der Waals surface area contributed by atoms with E-state index in [0.29, 0.717) is 6.42 Å². The van der Waals surface area contributed by atoms with Crippen molar-refractivity contribution in [2.24, 2.45) is 5.41 Å². The standard InChI is InChI=1S/C17H25NO2/c1-12-8-14-11-18(16(19)10-17(2,3)4)7-6-13(14)9-15(12)20-5/h8-9H,6-7,10-11H2,1-5H3. The zero-order valence-electron chi connectivity index (χ0n) is 13.2. The Morgan fingerprint density at radius 3 is 2.60 bits per heavy atom. The number of carbonyl (C=O) groups excluding carboxylic acids is 1. The van der Waals surface area contributed by atoms with Gasteiger partial charge < -0.3 is 9.64 Å². The lowest BCUT2D eigenvalue weighted by Crippen LogP contribution is -2.37. The van der Waals surface area contributed by atoms with Gasteiger partial charge in [-0.15, -0.1) is 0 Å². The maximum absolute atomic E-state index is 12.3. The van der Waals surface area contributed by atoms with Crippen molar-refractivity contribution in [3.8, 4) is 5.75 Å². The van der Waals surface area contributed by atoms with Crippen LogP contribution in [0.15, 0.2) is 12.1 Å². The van der Waals surface area contributed by atoms with Gasteiger partial charge in [-0.25, -0.2) is 0 Å². The number of benzene rings is 1. The van der Waals surface area contributed by atoms with Gasteiger partial charge in [0.05, 0.1) is 7.11 Å². The van der Waals surface area contributed by atoms with Gasteiger partial charge >= 0.3 is 0 Å². The molecular formula is C17H25NO2. The molecule has 0 spiro atoms. The maximum atomic E-state index is 12.3. The Bertz CT molecular complexity index is 514. The van der Waals surface area contributed by atoms with E-state index in [1.54, 1.807) is 7.11 Å². The predicted molar refractivity (Wildman–Crippen MR) is 80.9 cm³/mol. The first kappa shape index (κ1) is 14.9. The number of nitrogens with zero attached hydrogens (tertiary/aromatic N) is 1. The maximum Gasteiger partial charge on any atom is 0.223 e. The number of rotatable bonds is 2. The van der Waals surface area contributed by atoms with E-state index in [1.807, 2.05) is 4.90 Å². The molecule has 0 bridgehead atoms. The van der Waals surface area contributed by atoms with Gasteiger partial charge in [0, 0.05) is 19.5 Å².